The predicted molar refractivity (Wildman–Crippen MR) is 243 cm³/mol. The molecule has 0 unspecified atom stereocenters. The zero-order valence-corrected chi connectivity index (χ0v) is 37.5. The predicted octanol–water partition coefficient (Wildman–Crippen LogP) is 17.1. The highest BCUT2D eigenvalue weighted by Crippen LogP contribution is 2.18. The molecule has 0 N–H and O–H groups in total. The zero-order chi connectivity index (χ0) is 40.6. The van der Waals surface area contributed by atoms with E-state index in [1.807, 2.05) is 13.8 Å². The first-order valence-electron chi connectivity index (χ1n) is 21.4. The van der Waals surface area contributed by atoms with Crippen molar-refractivity contribution in [2.24, 2.45) is 0 Å². The lowest BCUT2D eigenvalue weighted by molar-refractivity contribution is -0.137. The highest BCUT2D eigenvalue weighted by Gasteiger charge is 1.99. The average molecular weight is 741 g/mol. The third-order valence-corrected chi connectivity index (χ3v) is 9.99. The second kappa shape index (κ2) is 33.2. The van der Waals surface area contributed by atoms with Gasteiger partial charge in [-0.2, -0.15) is 0 Å². The first-order chi connectivity index (χ1) is 25.7. The third-order valence-electron chi connectivity index (χ3n) is 9.99. The van der Waals surface area contributed by atoms with Crippen LogP contribution in [0.3, 0.4) is 0 Å². The molecule has 0 heterocycles. The fourth-order valence-electron chi connectivity index (χ4n) is 6.23. The molecule has 0 rings (SSSR count). The molecular weight excluding hydrogens is 657 g/mol. The molecule has 0 atom stereocenters. The van der Waals surface area contributed by atoms with E-state index in [2.05, 4.69) is 124 Å². The maximum atomic E-state index is 11.6. The molecule has 0 amide bonds. The molecule has 304 valence electrons. The van der Waals surface area contributed by atoms with Crippen molar-refractivity contribution >= 4 is 5.97 Å². The summed E-state index contributed by atoms with van der Waals surface area (Å²) >= 11 is 0. The Morgan fingerprint density at radius 1 is 0.333 bits per heavy atom. The molecule has 0 saturated carbocycles. The molecule has 0 aliphatic rings. The number of hydrogen-bond donors (Lipinski definition) is 0. The summed E-state index contributed by atoms with van der Waals surface area (Å²) in [6, 6.07) is 0. The van der Waals surface area contributed by atoms with E-state index in [0.29, 0.717) is 6.61 Å². The van der Waals surface area contributed by atoms with E-state index in [4.69, 9.17) is 4.74 Å². The Bertz CT molecular complexity index is 1370. The van der Waals surface area contributed by atoms with Crippen molar-refractivity contribution in [2.45, 2.75) is 199 Å². The van der Waals surface area contributed by atoms with Gasteiger partial charge < -0.3 is 4.74 Å². The lowest BCUT2D eigenvalue weighted by Crippen LogP contribution is -2.00. The van der Waals surface area contributed by atoms with Crippen molar-refractivity contribution in [1.29, 1.82) is 0 Å². The fraction of sp³-hybridized carbons (Fsp3) is 0.596. The molecule has 0 aromatic carbocycles. The summed E-state index contributed by atoms with van der Waals surface area (Å²) in [7, 11) is 0. The van der Waals surface area contributed by atoms with Gasteiger partial charge in [-0.05, 0) is 199 Å². The van der Waals surface area contributed by atoms with Crippen LogP contribution in [-0.4, -0.2) is 12.6 Å². The SMILES string of the molecule is CCOC(=O)/C=C(\C)CC/C=C(\C)CC/C=C(\C)CC/C=C(\C)CC/C=C(\C)CC/C=C(\C)CC/C=C(\C)CC/C=C(\C)CC/C=C(\C)CCC=C(C)C. The smallest absolute Gasteiger partial charge is 0.330 e. The van der Waals surface area contributed by atoms with Gasteiger partial charge in [0.05, 0.1) is 6.61 Å². The van der Waals surface area contributed by atoms with Crippen molar-refractivity contribution in [3.63, 3.8) is 0 Å². The van der Waals surface area contributed by atoms with Crippen molar-refractivity contribution < 1.29 is 9.53 Å². The number of carbonyl (C=O) groups excluding carboxylic acids is 1. The number of allylic oxidation sites excluding steroid dienone is 19. The minimum absolute atomic E-state index is 0.233. The zero-order valence-electron chi connectivity index (χ0n) is 37.5. The summed E-state index contributed by atoms with van der Waals surface area (Å²) in [6.07, 6.45) is 43.6. The fourth-order valence-corrected chi connectivity index (χ4v) is 6.23. The third kappa shape index (κ3) is 33.4. The Morgan fingerprint density at radius 3 is 0.741 bits per heavy atom. The van der Waals surface area contributed by atoms with E-state index in [1.165, 1.54) is 82.3 Å². The first-order valence-corrected chi connectivity index (χ1v) is 21.4. The molecular formula is C52H84O2. The number of carbonyl (C=O) groups is 1. The Balaban J connectivity index is 4.27. The average Bonchev–Trinajstić information content (AvgIpc) is 3.08. The highest BCUT2D eigenvalue weighted by atomic mass is 16.5. The van der Waals surface area contributed by atoms with Crippen LogP contribution in [0.1, 0.15) is 199 Å². The molecule has 0 radical (unpaired) electrons. The van der Waals surface area contributed by atoms with Gasteiger partial charge >= 0.3 is 5.97 Å². The molecule has 0 aliphatic carbocycles. The molecule has 54 heavy (non-hydrogen) atoms. The van der Waals surface area contributed by atoms with Gasteiger partial charge in [0.25, 0.3) is 0 Å². The molecule has 0 aromatic rings. The minimum Gasteiger partial charge on any atom is -0.463 e. The van der Waals surface area contributed by atoms with Crippen LogP contribution in [0.4, 0.5) is 0 Å². The van der Waals surface area contributed by atoms with Crippen LogP contribution < -0.4 is 0 Å². The number of ether oxygens (including phenoxy) is 1. The number of rotatable bonds is 29. The molecule has 0 aliphatic heterocycles. The summed E-state index contributed by atoms with van der Waals surface area (Å²) in [5.74, 6) is -0.233. The van der Waals surface area contributed by atoms with Crippen LogP contribution in [0.5, 0.6) is 0 Å². The molecule has 2 nitrogen and oxygen atoms in total. The van der Waals surface area contributed by atoms with E-state index in [9.17, 15) is 4.79 Å². The molecule has 0 aromatic heterocycles. The second-order valence-electron chi connectivity index (χ2n) is 16.3. The standard InChI is InChI=1S/C52H84O2/c1-13-54-52(53)41-51(12)40-22-39-50(11)38-21-37-49(10)36-20-35-48(9)34-19-33-47(8)32-18-31-46(7)30-17-29-45(6)28-16-27-44(5)26-15-25-43(4)24-14-23-42(2)3/h23,25,27,29,31,33,35,37,39,41H,13-22,24,26,28,30,32,34,36,38,40H2,1-12H3/b43-25+,44-27+,45-29+,46-31+,47-33+,48-35+,49-37+,50-39+,51-41+. The van der Waals surface area contributed by atoms with Crippen molar-refractivity contribution in [3.05, 3.63) is 116 Å². The summed E-state index contributed by atoms with van der Waals surface area (Å²) in [5.41, 5.74) is 14.5. The summed E-state index contributed by atoms with van der Waals surface area (Å²) < 4.78 is 4.99. The van der Waals surface area contributed by atoms with E-state index in [1.54, 1.807) is 6.08 Å². The molecule has 0 bridgehead atoms. The lowest BCUT2D eigenvalue weighted by Gasteiger charge is -2.04. The van der Waals surface area contributed by atoms with Crippen LogP contribution >= 0.6 is 0 Å². The molecule has 2 heteroatoms. The highest BCUT2D eigenvalue weighted by molar-refractivity contribution is 5.82. The summed E-state index contributed by atoms with van der Waals surface area (Å²) in [4.78, 5) is 11.6. The van der Waals surface area contributed by atoms with Crippen molar-refractivity contribution in [3.8, 4) is 0 Å². The van der Waals surface area contributed by atoms with Gasteiger partial charge in [0.2, 0.25) is 0 Å². The Hall–Kier alpha value is -3.13. The van der Waals surface area contributed by atoms with Gasteiger partial charge in [0.15, 0.2) is 0 Å². The van der Waals surface area contributed by atoms with Crippen molar-refractivity contribution in [1.82, 2.24) is 0 Å². The normalized spacial score (nSPS) is 14.6. The van der Waals surface area contributed by atoms with E-state index >= 15 is 0 Å². The quantitative estimate of drug-likeness (QED) is 0.0434. The van der Waals surface area contributed by atoms with Crippen molar-refractivity contribution in [2.75, 3.05) is 6.61 Å². The largest absolute Gasteiger partial charge is 0.463 e. The van der Waals surface area contributed by atoms with Crippen LogP contribution in [0, 0.1) is 0 Å². The summed E-state index contributed by atoms with van der Waals surface area (Å²) in [5, 5.41) is 0. The first kappa shape index (κ1) is 50.9. The summed E-state index contributed by atoms with van der Waals surface area (Å²) in [6.45, 7) is 26.9. The van der Waals surface area contributed by atoms with E-state index < -0.39 is 0 Å². The minimum atomic E-state index is -0.233. The number of esters is 1. The van der Waals surface area contributed by atoms with Crippen LogP contribution in [0.15, 0.2) is 116 Å². The van der Waals surface area contributed by atoms with Crippen LogP contribution in [0.25, 0.3) is 0 Å². The van der Waals surface area contributed by atoms with Gasteiger partial charge in [-0.25, -0.2) is 4.79 Å². The number of hydrogen-bond acceptors (Lipinski definition) is 2. The maximum Gasteiger partial charge on any atom is 0.330 e. The van der Waals surface area contributed by atoms with Gasteiger partial charge in [-0.1, -0.05) is 110 Å². The second-order valence-corrected chi connectivity index (χ2v) is 16.3. The lowest BCUT2D eigenvalue weighted by atomic mass is 10.0. The van der Waals surface area contributed by atoms with Crippen LogP contribution in [0.2, 0.25) is 0 Å². The van der Waals surface area contributed by atoms with Gasteiger partial charge in [0, 0.05) is 6.08 Å². The monoisotopic (exact) mass is 741 g/mol. The topological polar surface area (TPSA) is 26.3 Å². The van der Waals surface area contributed by atoms with Crippen LogP contribution in [-0.2, 0) is 9.53 Å². The van der Waals surface area contributed by atoms with E-state index in [-0.39, 0.29) is 5.97 Å². The van der Waals surface area contributed by atoms with Gasteiger partial charge in [-0.3, -0.25) is 0 Å². The maximum absolute atomic E-state index is 11.6. The Kier molecular flexibility index (Phi) is 31.3. The molecule has 0 spiro atoms. The molecule has 0 saturated heterocycles. The van der Waals surface area contributed by atoms with E-state index in [0.717, 1.165) is 89.0 Å². The van der Waals surface area contributed by atoms with Gasteiger partial charge in [-0.15, -0.1) is 0 Å². The molecule has 0 fully saturated rings. The van der Waals surface area contributed by atoms with Gasteiger partial charge in [0.1, 0.15) is 0 Å². The Morgan fingerprint density at radius 2 is 0.537 bits per heavy atom. The Labute approximate surface area is 336 Å².